The van der Waals surface area contributed by atoms with Gasteiger partial charge in [0.05, 0.1) is 12.4 Å². The van der Waals surface area contributed by atoms with Crippen LogP contribution in [0.5, 0.6) is 0 Å². The van der Waals surface area contributed by atoms with Crippen molar-refractivity contribution in [3.63, 3.8) is 0 Å². The lowest BCUT2D eigenvalue weighted by atomic mass is 10.1. The maximum Gasteiger partial charge on any atom is 0.146 e. The summed E-state index contributed by atoms with van der Waals surface area (Å²) in [5.74, 6) is 1.96. The summed E-state index contributed by atoms with van der Waals surface area (Å²) in [6, 6.07) is 0. The van der Waals surface area contributed by atoms with Gasteiger partial charge in [0.1, 0.15) is 11.6 Å². The summed E-state index contributed by atoms with van der Waals surface area (Å²) in [4.78, 5) is 8.47. The first-order valence-corrected chi connectivity index (χ1v) is 6.17. The van der Waals surface area contributed by atoms with Gasteiger partial charge in [-0.3, -0.25) is 4.98 Å². The predicted molar refractivity (Wildman–Crippen MR) is 70.2 cm³/mol. The van der Waals surface area contributed by atoms with Crippen molar-refractivity contribution in [2.45, 2.75) is 26.7 Å². The molecule has 0 saturated carbocycles. The Morgan fingerprint density at radius 2 is 2.00 bits per heavy atom. The van der Waals surface area contributed by atoms with Gasteiger partial charge in [-0.15, -0.1) is 0 Å². The molecular formula is C12H22N4O. The van der Waals surface area contributed by atoms with Gasteiger partial charge >= 0.3 is 0 Å². The lowest BCUT2D eigenvalue weighted by molar-refractivity contribution is 0.229. The molecule has 0 aliphatic heterocycles. The van der Waals surface area contributed by atoms with Gasteiger partial charge in [-0.25, -0.2) is 4.98 Å². The Morgan fingerprint density at radius 3 is 2.65 bits per heavy atom. The van der Waals surface area contributed by atoms with E-state index in [2.05, 4.69) is 20.6 Å². The van der Waals surface area contributed by atoms with Crippen molar-refractivity contribution in [1.82, 2.24) is 9.97 Å². The van der Waals surface area contributed by atoms with E-state index in [0.717, 1.165) is 37.6 Å². The number of aromatic nitrogens is 2. The highest BCUT2D eigenvalue weighted by Gasteiger charge is 2.00. The van der Waals surface area contributed by atoms with Gasteiger partial charge in [0.15, 0.2) is 0 Å². The molecule has 0 saturated heterocycles. The van der Waals surface area contributed by atoms with Crippen LogP contribution in [0.15, 0.2) is 12.4 Å². The fourth-order valence-corrected chi connectivity index (χ4v) is 1.48. The monoisotopic (exact) mass is 238 g/mol. The van der Waals surface area contributed by atoms with Crippen LogP contribution in [0.25, 0.3) is 0 Å². The van der Waals surface area contributed by atoms with E-state index in [1.54, 1.807) is 12.4 Å². The van der Waals surface area contributed by atoms with E-state index in [0.29, 0.717) is 5.92 Å². The smallest absolute Gasteiger partial charge is 0.146 e. The van der Waals surface area contributed by atoms with Crippen molar-refractivity contribution < 1.29 is 5.11 Å². The summed E-state index contributed by atoms with van der Waals surface area (Å²) in [7, 11) is 0. The highest BCUT2D eigenvalue weighted by Crippen LogP contribution is 2.08. The largest absolute Gasteiger partial charge is 0.396 e. The van der Waals surface area contributed by atoms with E-state index in [9.17, 15) is 0 Å². The molecule has 1 atom stereocenters. The Hall–Kier alpha value is -1.36. The van der Waals surface area contributed by atoms with Crippen LogP contribution in [0.2, 0.25) is 0 Å². The van der Waals surface area contributed by atoms with Crippen molar-refractivity contribution in [2.75, 3.05) is 30.3 Å². The van der Waals surface area contributed by atoms with E-state index in [4.69, 9.17) is 5.11 Å². The van der Waals surface area contributed by atoms with Crippen LogP contribution in [-0.4, -0.2) is 34.8 Å². The molecule has 0 bridgehead atoms. The fourth-order valence-electron chi connectivity index (χ4n) is 1.48. The zero-order valence-electron chi connectivity index (χ0n) is 10.6. The molecule has 0 aliphatic rings. The number of anilines is 2. The third kappa shape index (κ3) is 5.49. The Balaban J connectivity index is 2.28. The standard InChI is InChI=1S/C12H22N4O/c1-3-14-11-7-13-8-12(16-11)15-6-4-5-10(2)9-17/h7-8,10,17H,3-6,9H2,1-2H3,(H2,14,15,16). The summed E-state index contributed by atoms with van der Waals surface area (Å²) in [5, 5.41) is 15.2. The minimum absolute atomic E-state index is 0.260. The number of nitrogens with one attached hydrogen (secondary N) is 2. The van der Waals surface area contributed by atoms with Crippen LogP contribution in [0.1, 0.15) is 26.7 Å². The summed E-state index contributed by atoms with van der Waals surface area (Å²) in [6.45, 7) is 6.03. The lowest BCUT2D eigenvalue weighted by Crippen LogP contribution is -2.08. The molecular weight excluding hydrogens is 216 g/mol. The molecule has 1 aromatic rings. The van der Waals surface area contributed by atoms with E-state index in [1.807, 2.05) is 13.8 Å². The van der Waals surface area contributed by atoms with Gasteiger partial charge in [-0.1, -0.05) is 6.92 Å². The van der Waals surface area contributed by atoms with Crippen LogP contribution in [0, 0.1) is 5.92 Å². The molecule has 0 spiro atoms. The molecule has 0 radical (unpaired) electrons. The van der Waals surface area contributed by atoms with Crippen LogP contribution in [0.4, 0.5) is 11.6 Å². The topological polar surface area (TPSA) is 70.1 Å². The van der Waals surface area contributed by atoms with Crippen molar-refractivity contribution in [1.29, 1.82) is 0 Å². The molecule has 0 aliphatic carbocycles. The van der Waals surface area contributed by atoms with Gasteiger partial charge in [0, 0.05) is 19.7 Å². The molecule has 17 heavy (non-hydrogen) atoms. The Bertz CT molecular complexity index is 319. The van der Waals surface area contributed by atoms with Gasteiger partial charge in [-0.2, -0.15) is 0 Å². The first-order chi connectivity index (χ1) is 8.26. The number of nitrogens with zero attached hydrogens (tertiary/aromatic N) is 2. The van der Waals surface area contributed by atoms with Gasteiger partial charge in [0.25, 0.3) is 0 Å². The SMILES string of the molecule is CCNc1cncc(NCCCC(C)CO)n1. The van der Waals surface area contributed by atoms with Gasteiger partial charge in [0.2, 0.25) is 0 Å². The zero-order valence-corrected chi connectivity index (χ0v) is 10.6. The Labute approximate surface area is 103 Å². The average molecular weight is 238 g/mol. The van der Waals surface area contributed by atoms with Crippen LogP contribution in [-0.2, 0) is 0 Å². The average Bonchev–Trinajstić information content (AvgIpc) is 2.35. The molecule has 0 aromatic carbocycles. The summed E-state index contributed by atoms with van der Waals surface area (Å²) in [5.41, 5.74) is 0. The molecule has 1 heterocycles. The van der Waals surface area contributed by atoms with Crippen LogP contribution in [0.3, 0.4) is 0 Å². The minimum atomic E-state index is 0.260. The number of hydrogen-bond donors (Lipinski definition) is 3. The summed E-state index contributed by atoms with van der Waals surface area (Å²) in [6.07, 6.45) is 5.47. The third-order valence-corrected chi connectivity index (χ3v) is 2.48. The Kier molecular flexibility index (Phi) is 6.32. The van der Waals surface area contributed by atoms with Crippen LogP contribution >= 0.6 is 0 Å². The Morgan fingerprint density at radius 1 is 1.29 bits per heavy atom. The molecule has 1 aromatic heterocycles. The lowest BCUT2D eigenvalue weighted by Gasteiger charge is -2.09. The predicted octanol–water partition coefficient (Wildman–Crippen LogP) is 1.73. The highest BCUT2D eigenvalue weighted by molar-refractivity contribution is 5.41. The third-order valence-electron chi connectivity index (χ3n) is 2.48. The van der Waals surface area contributed by atoms with E-state index < -0.39 is 0 Å². The minimum Gasteiger partial charge on any atom is -0.396 e. The first-order valence-electron chi connectivity index (χ1n) is 6.17. The molecule has 5 nitrogen and oxygen atoms in total. The highest BCUT2D eigenvalue weighted by atomic mass is 16.3. The number of rotatable bonds is 8. The van der Waals surface area contributed by atoms with Gasteiger partial charge in [-0.05, 0) is 25.7 Å². The van der Waals surface area contributed by atoms with Crippen molar-refractivity contribution in [3.05, 3.63) is 12.4 Å². The molecule has 5 heteroatoms. The second-order valence-corrected chi connectivity index (χ2v) is 4.18. The van der Waals surface area contributed by atoms with E-state index in [-0.39, 0.29) is 6.61 Å². The zero-order chi connectivity index (χ0) is 12.5. The molecule has 1 rings (SSSR count). The van der Waals surface area contributed by atoms with E-state index in [1.165, 1.54) is 0 Å². The second kappa shape index (κ2) is 7.84. The summed E-state index contributed by atoms with van der Waals surface area (Å²) < 4.78 is 0. The van der Waals surface area contributed by atoms with Crippen molar-refractivity contribution >= 4 is 11.6 Å². The molecule has 0 amide bonds. The number of aliphatic hydroxyl groups is 1. The fraction of sp³-hybridized carbons (Fsp3) is 0.667. The molecule has 96 valence electrons. The quantitative estimate of drug-likeness (QED) is 0.602. The number of aliphatic hydroxyl groups excluding tert-OH is 1. The van der Waals surface area contributed by atoms with E-state index >= 15 is 0 Å². The van der Waals surface area contributed by atoms with Crippen LogP contribution < -0.4 is 10.6 Å². The number of hydrogen-bond acceptors (Lipinski definition) is 5. The maximum absolute atomic E-state index is 8.90. The molecule has 0 fully saturated rings. The normalized spacial score (nSPS) is 12.2. The molecule has 3 N–H and O–H groups in total. The molecule has 1 unspecified atom stereocenters. The van der Waals surface area contributed by atoms with Gasteiger partial charge < -0.3 is 15.7 Å². The van der Waals surface area contributed by atoms with Crippen molar-refractivity contribution in [3.8, 4) is 0 Å². The maximum atomic E-state index is 8.90. The second-order valence-electron chi connectivity index (χ2n) is 4.18. The van der Waals surface area contributed by atoms with Crippen molar-refractivity contribution in [2.24, 2.45) is 5.92 Å². The first kappa shape index (κ1) is 13.7. The summed E-state index contributed by atoms with van der Waals surface area (Å²) >= 11 is 0.